The molecule has 0 unspecified atom stereocenters. The number of hydrogen-bond donors (Lipinski definition) is 0. The first-order valence-electron chi connectivity index (χ1n) is 9.74. The minimum absolute atomic E-state index is 0.117. The molecule has 1 amide bonds. The molecule has 1 aromatic carbocycles. The molecule has 3 aromatic rings. The van der Waals surface area contributed by atoms with Gasteiger partial charge < -0.3 is 14.2 Å². The van der Waals surface area contributed by atoms with E-state index in [-0.39, 0.29) is 17.1 Å². The van der Waals surface area contributed by atoms with Crippen LogP contribution in [0.25, 0.3) is 11.0 Å². The van der Waals surface area contributed by atoms with Crippen LogP contribution in [-0.2, 0) is 0 Å². The molecule has 0 bridgehead atoms. The quantitative estimate of drug-likeness (QED) is 0.618. The molecule has 6 nitrogen and oxygen atoms in total. The Bertz CT molecular complexity index is 1110. The first-order chi connectivity index (χ1) is 14.0. The third kappa shape index (κ3) is 3.43. The highest BCUT2D eigenvalue weighted by molar-refractivity contribution is 6.31. The number of carbonyl (C=O) groups excluding carboxylic acids is 1. The van der Waals surface area contributed by atoms with Gasteiger partial charge in [-0.3, -0.25) is 14.6 Å². The van der Waals surface area contributed by atoms with Crippen molar-refractivity contribution in [1.82, 2.24) is 14.8 Å². The lowest BCUT2D eigenvalue weighted by Gasteiger charge is -2.28. The molecule has 0 N–H and O–H groups in total. The molecule has 150 valence electrons. The van der Waals surface area contributed by atoms with Crippen molar-refractivity contribution in [2.24, 2.45) is 0 Å². The molecule has 2 aromatic heterocycles. The summed E-state index contributed by atoms with van der Waals surface area (Å²) in [7, 11) is 0. The van der Waals surface area contributed by atoms with Gasteiger partial charge in [0.2, 0.25) is 5.76 Å². The average Bonchev–Trinajstić information content (AvgIpc) is 3.02. The molecule has 1 aliphatic heterocycles. The van der Waals surface area contributed by atoms with E-state index in [0.717, 1.165) is 18.7 Å². The van der Waals surface area contributed by atoms with E-state index in [4.69, 9.17) is 16.0 Å². The van der Waals surface area contributed by atoms with Crippen LogP contribution in [0.5, 0.6) is 0 Å². The van der Waals surface area contributed by atoms with Gasteiger partial charge in [0, 0.05) is 30.5 Å². The predicted molar refractivity (Wildman–Crippen MR) is 112 cm³/mol. The number of halogens is 1. The monoisotopic (exact) mass is 411 g/mol. The predicted octanol–water partition coefficient (Wildman–Crippen LogP) is 3.73. The summed E-state index contributed by atoms with van der Waals surface area (Å²) in [5.74, 6) is -0.144. The number of aromatic nitrogens is 1. The molecule has 29 heavy (non-hydrogen) atoms. The first-order valence-corrected chi connectivity index (χ1v) is 10.1. The number of hydrogen-bond acceptors (Lipinski definition) is 5. The molecule has 0 radical (unpaired) electrons. The number of likely N-dealkylation sites (N-methyl/N-ethyl adjacent to an activating group) is 1. The summed E-state index contributed by atoms with van der Waals surface area (Å²) in [4.78, 5) is 34.7. The molecule has 4 rings (SSSR count). The lowest BCUT2D eigenvalue weighted by molar-refractivity contribution is 0.0708. The van der Waals surface area contributed by atoms with Gasteiger partial charge in [-0.2, -0.15) is 0 Å². The third-order valence-electron chi connectivity index (χ3n) is 5.50. The fourth-order valence-electron chi connectivity index (χ4n) is 3.90. The van der Waals surface area contributed by atoms with Crippen molar-refractivity contribution in [2.45, 2.75) is 19.9 Å². The van der Waals surface area contributed by atoms with E-state index in [1.807, 2.05) is 12.1 Å². The Morgan fingerprint density at radius 2 is 1.86 bits per heavy atom. The van der Waals surface area contributed by atoms with Crippen LogP contribution >= 0.6 is 11.6 Å². The fourth-order valence-corrected chi connectivity index (χ4v) is 4.08. The number of amides is 1. The van der Waals surface area contributed by atoms with Gasteiger partial charge in [0.05, 0.1) is 17.0 Å². The zero-order valence-electron chi connectivity index (χ0n) is 16.4. The standard InChI is InChI=1S/C22H22ClN3O3/c1-3-25(4-2)11-12-26-19(14-7-9-24-10-8-14)18-20(27)16-13-15(23)5-6-17(16)29-21(18)22(26)28/h5-10,13,19H,3-4,11-12H2,1-2H3/t19-/m0/s1. The molecule has 0 spiro atoms. The van der Waals surface area contributed by atoms with Crippen molar-refractivity contribution in [2.75, 3.05) is 26.2 Å². The smallest absolute Gasteiger partial charge is 0.290 e. The largest absolute Gasteiger partial charge is 0.450 e. The van der Waals surface area contributed by atoms with E-state index in [2.05, 4.69) is 23.7 Å². The van der Waals surface area contributed by atoms with Gasteiger partial charge in [-0.05, 0) is 49.0 Å². The maximum absolute atomic E-state index is 13.4. The fraction of sp³-hybridized carbons (Fsp3) is 0.318. The van der Waals surface area contributed by atoms with Gasteiger partial charge in [0.25, 0.3) is 5.91 Å². The Morgan fingerprint density at radius 1 is 1.14 bits per heavy atom. The van der Waals surface area contributed by atoms with Crippen molar-refractivity contribution in [3.63, 3.8) is 0 Å². The normalized spacial score (nSPS) is 16.1. The molecule has 0 saturated heterocycles. The highest BCUT2D eigenvalue weighted by atomic mass is 35.5. The van der Waals surface area contributed by atoms with Crippen LogP contribution in [0.2, 0.25) is 5.02 Å². The number of benzene rings is 1. The van der Waals surface area contributed by atoms with Crippen molar-refractivity contribution in [3.8, 4) is 0 Å². The Labute approximate surface area is 173 Å². The molecule has 1 atom stereocenters. The maximum Gasteiger partial charge on any atom is 0.290 e. The van der Waals surface area contributed by atoms with Crippen LogP contribution in [-0.4, -0.2) is 46.9 Å². The highest BCUT2D eigenvalue weighted by Gasteiger charge is 2.42. The summed E-state index contributed by atoms with van der Waals surface area (Å²) in [5, 5.41) is 0.835. The summed E-state index contributed by atoms with van der Waals surface area (Å²) < 4.78 is 5.91. The first kappa shape index (κ1) is 19.6. The minimum Gasteiger partial charge on any atom is -0.450 e. The lowest BCUT2D eigenvalue weighted by Crippen LogP contribution is -2.37. The van der Waals surface area contributed by atoms with E-state index in [1.165, 1.54) is 0 Å². The SMILES string of the molecule is CCN(CC)CCN1C(=O)c2oc3ccc(Cl)cc3c(=O)c2[C@@H]1c1ccncc1. The van der Waals surface area contributed by atoms with Crippen LogP contribution < -0.4 is 5.43 Å². The van der Waals surface area contributed by atoms with Crippen LogP contribution in [0.1, 0.15) is 41.6 Å². The molecule has 0 saturated carbocycles. The maximum atomic E-state index is 13.4. The minimum atomic E-state index is -0.504. The van der Waals surface area contributed by atoms with Crippen molar-refractivity contribution < 1.29 is 9.21 Å². The van der Waals surface area contributed by atoms with Crippen molar-refractivity contribution in [1.29, 1.82) is 0 Å². The van der Waals surface area contributed by atoms with Gasteiger partial charge in [-0.25, -0.2) is 0 Å². The Balaban J connectivity index is 1.87. The van der Waals surface area contributed by atoms with Crippen LogP contribution in [0.4, 0.5) is 0 Å². The second-order valence-corrected chi connectivity index (χ2v) is 7.46. The topological polar surface area (TPSA) is 66.7 Å². The number of fused-ring (bicyclic) bond motifs is 2. The van der Waals surface area contributed by atoms with E-state index < -0.39 is 6.04 Å². The van der Waals surface area contributed by atoms with Crippen molar-refractivity contribution in [3.05, 3.63) is 74.9 Å². The van der Waals surface area contributed by atoms with Crippen molar-refractivity contribution >= 4 is 28.5 Å². The van der Waals surface area contributed by atoms with Gasteiger partial charge in [0.15, 0.2) is 5.43 Å². The Kier molecular flexibility index (Phi) is 5.39. The van der Waals surface area contributed by atoms with Gasteiger partial charge >= 0.3 is 0 Å². The summed E-state index contributed by atoms with van der Waals surface area (Å²) in [6, 6.07) is 8.04. The van der Waals surface area contributed by atoms with Crippen LogP contribution in [0.15, 0.2) is 51.9 Å². The zero-order valence-corrected chi connectivity index (χ0v) is 17.1. The number of rotatable bonds is 6. The second kappa shape index (κ2) is 7.97. The van der Waals surface area contributed by atoms with E-state index >= 15 is 0 Å². The Morgan fingerprint density at radius 3 is 2.55 bits per heavy atom. The van der Waals surface area contributed by atoms with Gasteiger partial charge in [-0.15, -0.1) is 0 Å². The second-order valence-electron chi connectivity index (χ2n) is 7.02. The van der Waals surface area contributed by atoms with Crippen LogP contribution in [0.3, 0.4) is 0 Å². The van der Waals surface area contributed by atoms with Gasteiger partial charge in [-0.1, -0.05) is 25.4 Å². The molecule has 0 fully saturated rings. The molecular formula is C22H22ClN3O3. The summed E-state index contributed by atoms with van der Waals surface area (Å²) >= 11 is 6.10. The number of carbonyl (C=O) groups is 1. The van der Waals surface area contributed by atoms with E-state index in [1.54, 1.807) is 35.5 Å². The van der Waals surface area contributed by atoms with E-state index in [0.29, 0.717) is 34.6 Å². The molecule has 0 aliphatic carbocycles. The summed E-state index contributed by atoms with van der Waals surface area (Å²) in [5.41, 5.74) is 1.35. The number of nitrogens with zero attached hydrogens (tertiary/aromatic N) is 3. The lowest BCUT2D eigenvalue weighted by atomic mass is 9.99. The summed E-state index contributed by atoms with van der Waals surface area (Å²) in [6.45, 7) is 7.18. The van der Waals surface area contributed by atoms with Gasteiger partial charge in [0.1, 0.15) is 5.58 Å². The van der Waals surface area contributed by atoms with Crippen LogP contribution in [0, 0.1) is 0 Å². The molecule has 7 heteroatoms. The molecular weight excluding hydrogens is 390 g/mol. The molecule has 3 heterocycles. The van der Waals surface area contributed by atoms with E-state index in [9.17, 15) is 9.59 Å². The third-order valence-corrected chi connectivity index (χ3v) is 5.74. The zero-order chi connectivity index (χ0) is 20.5. The summed E-state index contributed by atoms with van der Waals surface area (Å²) in [6.07, 6.45) is 3.33. The molecule has 1 aliphatic rings. The highest BCUT2D eigenvalue weighted by Crippen LogP contribution is 2.38. The Hall–Kier alpha value is -2.70. The number of pyridine rings is 1. The average molecular weight is 412 g/mol.